The molecular weight excluding hydrogens is 348 g/mol. The topological polar surface area (TPSA) is 56.7 Å². The molecule has 126 valence electrons. The fourth-order valence-corrected chi connectivity index (χ4v) is 3.23. The van der Waals surface area contributed by atoms with Gasteiger partial charge in [0.15, 0.2) is 22.9 Å². The molecule has 26 heavy (non-hydrogen) atoms. The van der Waals surface area contributed by atoms with Crippen LogP contribution in [0.1, 0.15) is 5.56 Å². The highest BCUT2D eigenvalue weighted by molar-refractivity contribution is 6.31. The summed E-state index contributed by atoms with van der Waals surface area (Å²) >= 11 is 6.37. The molecule has 6 heteroatoms. The molecule has 0 N–H and O–H groups in total. The maximum Gasteiger partial charge on any atom is 0.198 e. The molecular formula is C20H13ClN4O. The van der Waals surface area contributed by atoms with Gasteiger partial charge in [0.25, 0.3) is 0 Å². The molecule has 3 aromatic heterocycles. The molecule has 0 aliphatic rings. The van der Waals surface area contributed by atoms with Crippen LogP contribution < -0.4 is 0 Å². The first-order valence-electron chi connectivity index (χ1n) is 8.20. The lowest BCUT2D eigenvalue weighted by Gasteiger charge is -2.09. The minimum Gasteiger partial charge on any atom is -0.461 e. The Morgan fingerprint density at radius 2 is 1.62 bits per heavy atom. The largest absolute Gasteiger partial charge is 0.461 e. The number of fused-ring (bicyclic) bond motifs is 2. The normalized spacial score (nSPS) is 11.4. The standard InChI is InChI=1S/C20H13ClN4O/c21-14-7-2-1-6-13(14)12-25-19(17-10-5-11-26-17)24-18-20(25)23-16-9-4-3-8-15(16)22-18/h1-11H,12H2. The second-order valence-electron chi connectivity index (χ2n) is 5.95. The molecule has 5 nitrogen and oxygen atoms in total. The molecule has 2 aromatic carbocycles. The predicted molar refractivity (Wildman–Crippen MR) is 101 cm³/mol. The third-order valence-corrected chi connectivity index (χ3v) is 4.65. The molecule has 0 unspecified atom stereocenters. The molecule has 0 saturated carbocycles. The average molecular weight is 361 g/mol. The van der Waals surface area contributed by atoms with Gasteiger partial charge in [-0.3, -0.25) is 0 Å². The number of furan rings is 1. The van der Waals surface area contributed by atoms with Crippen LogP contribution in [-0.4, -0.2) is 19.5 Å². The molecule has 0 atom stereocenters. The second-order valence-corrected chi connectivity index (χ2v) is 6.36. The Morgan fingerprint density at radius 3 is 2.38 bits per heavy atom. The number of imidazole rings is 1. The Labute approximate surface area is 153 Å². The van der Waals surface area contributed by atoms with E-state index in [2.05, 4.69) is 9.97 Å². The lowest BCUT2D eigenvalue weighted by atomic mass is 10.2. The molecule has 5 rings (SSSR count). The van der Waals surface area contributed by atoms with E-state index in [1.165, 1.54) is 0 Å². The average Bonchev–Trinajstić information content (AvgIpc) is 3.30. The van der Waals surface area contributed by atoms with Crippen molar-refractivity contribution in [2.45, 2.75) is 6.54 Å². The van der Waals surface area contributed by atoms with Crippen molar-refractivity contribution in [3.63, 3.8) is 0 Å². The maximum atomic E-state index is 6.37. The van der Waals surface area contributed by atoms with Crippen molar-refractivity contribution >= 4 is 33.9 Å². The van der Waals surface area contributed by atoms with Crippen LogP contribution >= 0.6 is 11.6 Å². The van der Waals surface area contributed by atoms with E-state index in [9.17, 15) is 0 Å². The summed E-state index contributed by atoms with van der Waals surface area (Å²) in [6.07, 6.45) is 1.63. The predicted octanol–water partition coefficient (Wildman–Crippen LogP) is 4.94. The molecule has 0 amide bonds. The first-order chi connectivity index (χ1) is 12.8. The highest BCUT2D eigenvalue weighted by atomic mass is 35.5. The SMILES string of the molecule is Clc1ccccc1Cn1c(-c2ccco2)nc2nc3ccccc3nc21. The third kappa shape index (κ3) is 2.45. The van der Waals surface area contributed by atoms with Gasteiger partial charge < -0.3 is 8.98 Å². The number of hydrogen-bond acceptors (Lipinski definition) is 4. The zero-order valence-electron chi connectivity index (χ0n) is 13.6. The van der Waals surface area contributed by atoms with E-state index in [0.29, 0.717) is 34.4 Å². The molecule has 0 fully saturated rings. The van der Waals surface area contributed by atoms with E-state index in [4.69, 9.17) is 21.0 Å². The smallest absolute Gasteiger partial charge is 0.198 e. The van der Waals surface area contributed by atoms with Gasteiger partial charge in [-0.2, -0.15) is 0 Å². The van der Waals surface area contributed by atoms with Crippen molar-refractivity contribution in [1.29, 1.82) is 0 Å². The van der Waals surface area contributed by atoms with Gasteiger partial charge in [0.1, 0.15) is 0 Å². The van der Waals surface area contributed by atoms with Crippen LogP contribution in [0.5, 0.6) is 0 Å². The Kier molecular flexibility index (Phi) is 3.47. The number of nitrogens with zero attached hydrogens (tertiary/aromatic N) is 4. The quantitative estimate of drug-likeness (QED) is 0.457. The van der Waals surface area contributed by atoms with Crippen LogP contribution in [0.15, 0.2) is 71.3 Å². The number of rotatable bonds is 3. The molecule has 5 aromatic rings. The van der Waals surface area contributed by atoms with Crippen molar-refractivity contribution in [2.75, 3.05) is 0 Å². The number of aromatic nitrogens is 4. The van der Waals surface area contributed by atoms with Crippen molar-refractivity contribution in [2.24, 2.45) is 0 Å². The van der Waals surface area contributed by atoms with E-state index in [1.54, 1.807) is 6.26 Å². The molecule has 3 heterocycles. The summed E-state index contributed by atoms with van der Waals surface area (Å²) in [6.45, 7) is 0.527. The zero-order valence-corrected chi connectivity index (χ0v) is 14.4. The van der Waals surface area contributed by atoms with Crippen LogP contribution in [-0.2, 0) is 6.54 Å². The van der Waals surface area contributed by atoms with E-state index >= 15 is 0 Å². The molecule has 0 bridgehead atoms. The van der Waals surface area contributed by atoms with Gasteiger partial charge in [-0.1, -0.05) is 41.9 Å². The summed E-state index contributed by atoms with van der Waals surface area (Å²) < 4.78 is 7.58. The molecule has 0 saturated heterocycles. The van der Waals surface area contributed by atoms with Crippen molar-refractivity contribution in [3.05, 3.63) is 77.5 Å². The van der Waals surface area contributed by atoms with Crippen LogP contribution in [0.3, 0.4) is 0 Å². The van der Waals surface area contributed by atoms with Gasteiger partial charge in [0.2, 0.25) is 0 Å². The highest BCUT2D eigenvalue weighted by Gasteiger charge is 2.18. The van der Waals surface area contributed by atoms with Crippen molar-refractivity contribution in [1.82, 2.24) is 19.5 Å². The van der Waals surface area contributed by atoms with Crippen LogP contribution in [0.2, 0.25) is 5.02 Å². The molecule has 0 aliphatic heterocycles. The van der Waals surface area contributed by atoms with Crippen LogP contribution in [0, 0.1) is 0 Å². The van der Waals surface area contributed by atoms with E-state index < -0.39 is 0 Å². The van der Waals surface area contributed by atoms with Crippen LogP contribution in [0.4, 0.5) is 0 Å². The van der Waals surface area contributed by atoms with E-state index in [1.807, 2.05) is 65.2 Å². The molecule has 0 aliphatic carbocycles. The molecule has 0 radical (unpaired) electrons. The summed E-state index contributed by atoms with van der Waals surface area (Å²) in [4.78, 5) is 14.1. The first-order valence-corrected chi connectivity index (χ1v) is 8.58. The minimum atomic E-state index is 0.527. The third-order valence-electron chi connectivity index (χ3n) is 4.29. The number of benzene rings is 2. The van der Waals surface area contributed by atoms with E-state index in [0.717, 1.165) is 16.6 Å². The number of para-hydroxylation sites is 2. The van der Waals surface area contributed by atoms with Crippen molar-refractivity contribution in [3.8, 4) is 11.6 Å². The lowest BCUT2D eigenvalue weighted by Crippen LogP contribution is -2.03. The summed E-state index contributed by atoms with van der Waals surface area (Å²) in [5.41, 5.74) is 3.91. The van der Waals surface area contributed by atoms with Gasteiger partial charge in [0.05, 0.1) is 23.8 Å². The highest BCUT2D eigenvalue weighted by Crippen LogP contribution is 2.27. The van der Waals surface area contributed by atoms with Gasteiger partial charge in [-0.25, -0.2) is 15.0 Å². The maximum absolute atomic E-state index is 6.37. The van der Waals surface area contributed by atoms with E-state index in [-0.39, 0.29) is 0 Å². The Morgan fingerprint density at radius 1 is 0.846 bits per heavy atom. The Hall–Kier alpha value is -3.18. The first kappa shape index (κ1) is 15.1. The van der Waals surface area contributed by atoms with Gasteiger partial charge in [0, 0.05) is 5.02 Å². The van der Waals surface area contributed by atoms with Gasteiger partial charge in [-0.15, -0.1) is 0 Å². The second kappa shape index (κ2) is 5.97. The summed E-state index contributed by atoms with van der Waals surface area (Å²) in [5.74, 6) is 1.35. The monoisotopic (exact) mass is 360 g/mol. The Bertz CT molecular complexity index is 1230. The Balaban J connectivity index is 1.78. The van der Waals surface area contributed by atoms with Gasteiger partial charge >= 0.3 is 0 Å². The lowest BCUT2D eigenvalue weighted by molar-refractivity contribution is 0.572. The fraction of sp³-hybridized carbons (Fsp3) is 0.0500. The fourth-order valence-electron chi connectivity index (χ4n) is 3.04. The van der Waals surface area contributed by atoms with Crippen LogP contribution in [0.25, 0.3) is 33.9 Å². The molecule has 0 spiro atoms. The van der Waals surface area contributed by atoms with Crippen molar-refractivity contribution < 1.29 is 4.42 Å². The summed E-state index contributed by atoms with van der Waals surface area (Å²) in [6, 6.07) is 19.2. The minimum absolute atomic E-state index is 0.527. The number of halogens is 1. The van der Waals surface area contributed by atoms with Gasteiger partial charge in [-0.05, 0) is 35.9 Å². The summed E-state index contributed by atoms with van der Waals surface area (Å²) in [7, 11) is 0. The summed E-state index contributed by atoms with van der Waals surface area (Å²) in [5, 5.41) is 0.702. The number of hydrogen-bond donors (Lipinski definition) is 0. The zero-order chi connectivity index (χ0) is 17.5.